The summed E-state index contributed by atoms with van der Waals surface area (Å²) in [7, 11) is 1.54. The van der Waals surface area contributed by atoms with Gasteiger partial charge in [0.05, 0.1) is 7.11 Å². The van der Waals surface area contributed by atoms with Gasteiger partial charge >= 0.3 is 0 Å². The second-order valence-electron chi connectivity index (χ2n) is 5.21. The normalized spacial score (nSPS) is 14.1. The molecule has 24 heavy (non-hydrogen) atoms. The standard InChI is InChI=1S/C17H22N2O5/c1-4-18-17(21)11(2)19-15(20)6-5-12-9-13(22-3)16-14(10-12)23-7-8-24-16/h5-6,9-11H,4,7-8H2,1-3H3,(H,18,21)(H,19,20)/b6-5+/t11-/m0/s1. The van der Waals surface area contributed by atoms with E-state index in [-0.39, 0.29) is 11.8 Å². The molecule has 2 amide bonds. The van der Waals surface area contributed by atoms with Crippen molar-refractivity contribution < 1.29 is 23.8 Å². The average Bonchev–Trinajstić information content (AvgIpc) is 2.59. The minimum Gasteiger partial charge on any atom is -0.493 e. The number of fused-ring (bicyclic) bond motifs is 1. The van der Waals surface area contributed by atoms with Crippen LogP contribution in [-0.4, -0.2) is 44.7 Å². The van der Waals surface area contributed by atoms with Crippen molar-refractivity contribution in [2.45, 2.75) is 19.9 Å². The molecule has 7 nitrogen and oxygen atoms in total. The lowest BCUT2D eigenvalue weighted by Gasteiger charge is -2.20. The second-order valence-corrected chi connectivity index (χ2v) is 5.21. The topological polar surface area (TPSA) is 85.9 Å². The third-order valence-electron chi connectivity index (χ3n) is 3.38. The van der Waals surface area contributed by atoms with Crippen molar-refractivity contribution >= 4 is 17.9 Å². The van der Waals surface area contributed by atoms with Crippen molar-refractivity contribution in [2.24, 2.45) is 0 Å². The average molecular weight is 334 g/mol. The Balaban J connectivity index is 2.06. The molecule has 2 N–H and O–H groups in total. The summed E-state index contributed by atoms with van der Waals surface area (Å²) in [6.07, 6.45) is 2.99. The molecule has 7 heteroatoms. The Hall–Kier alpha value is -2.70. The number of likely N-dealkylation sites (N-methyl/N-ethyl adjacent to an activating group) is 1. The summed E-state index contributed by atoms with van der Waals surface area (Å²) in [5, 5.41) is 5.25. The molecule has 0 bridgehead atoms. The molecule has 0 unspecified atom stereocenters. The number of carbonyl (C=O) groups excluding carboxylic acids is 2. The van der Waals surface area contributed by atoms with E-state index < -0.39 is 6.04 Å². The monoisotopic (exact) mass is 334 g/mol. The van der Waals surface area contributed by atoms with Gasteiger partial charge in [0.2, 0.25) is 17.6 Å². The molecule has 1 heterocycles. The van der Waals surface area contributed by atoms with E-state index in [1.54, 1.807) is 32.2 Å². The lowest BCUT2D eigenvalue weighted by atomic mass is 10.1. The molecule has 130 valence electrons. The van der Waals surface area contributed by atoms with Crippen LogP contribution in [0, 0.1) is 0 Å². The summed E-state index contributed by atoms with van der Waals surface area (Å²) in [5.74, 6) is 1.11. The first-order valence-corrected chi connectivity index (χ1v) is 7.79. The number of carbonyl (C=O) groups is 2. The van der Waals surface area contributed by atoms with E-state index >= 15 is 0 Å². The lowest BCUT2D eigenvalue weighted by Crippen LogP contribution is -2.44. The molecular weight excluding hydrogens is 312 g/mol. The van der Waals surface area contributed by atoms with Crippen LogP contribution < -0.4 is 24.8 Å². The van der Waals surface area contributed by atoms with Gasteiger partial charge in [-0.15, -0.1) is 0 Å². The second kappa shape index (κ2) is 8.24. The summed E-state index contributed by atoms with van der Waals surface area (Å²) >= 11 is 0. The molecule has 1 atom stereocenters. The van der Waals surface area contributed by atoms with Gasteiger partial charge in [0.25, 0.3) is 0 Å². The SMILES string of the molecule is CCNC(=O)[C@H](C)NC(=O)/C=C/c1cc(OC)c2c(c1)OCCO2. The van der Waals surface area contributed by atoms with Crippen molar-refractivity contribution in [3.63, 3.8) is 0 Å². The molecule has 2 rings (SSSR count). The fraction of sp³-hybridized carbons (Fsp3) is 0.412. The van der Waals surface area contributed by atoms with E-state index in [1.807, 2.05) is 6.92 Å². The van der Waals surface area contributed by atoms with Crippen molar-refractivity contribution in [1.29, 1.82) is 0 Å². The highest BCUT2D eigenvalue weighted by atomic mass is 16.6. The zero-order valence-corrected chi connectivity index (χ0v) is 14.0. The van der Waals surface area contributed by atoms with Gasteiger partial charge in [-0.3, -0.25) is 9.59 Å². The maximum atomic E-state index is 11.9. The molecule has 0 saturated heterocycles. The van der Waals surface area contributed by atoms with E-state index in [9.17, 15) is 9.59 Å². The Bertz CT molecular complexity index is 625. The quantitative estimate of drug-likeness (QED) is 0.762. The Morgan fingerprint density at radius 3 is 2.79 bits per heavy atom. The van der Waals surface area contributed by atoms with Gasteiger partial charge in [-0.05, 0) is 37.6 Å². The molecule has 0 aliphatic carbocycles. The van der Waals surface area contributed by atoms with E-state index in [4.69, 9.17) is 14.2 Å². The fourth-order valence-electron chi connectivity index (χ4n) is 2.22. The number of hydrogen-bond donors (Lipinski definition) is 2. The minimum atomic E-state index is -0.600. The van der Waals surface area contributed by atoms with Gasteiger partial charge in [-0.1, -0.05) is 0 Å². The third-order valence-corrected chi connectivity index (χ3v) is 3.38. The highest BCUT2D eigenvalue weighted by Crippen LogP contribution is 2.40. The Labute approximate surface area is 141 Å². The number of benzene rings is 1. The molecular formula is C17H22N2O5. The van der Waals surface area contributed by atoms with Crippen LogP contribution in [0.4, 0.5) is 0 Å². The summed E-state index contributed by atoms with van der Waals surface area (Å²) < 4.78 is 16.4. The van der Waals surface area contributed by atoms with E-state index in [0.717, 1.165) is 5.56 Å². The first-order valence-electron chi connectivity index (χ1n) is 7.79. The Morgan fingerprint density at radius 1 is 1.33 bits per heavy atom. The minimum absolute atomic E-state index is 0.222. The maximum Gasteiger partial charge on any atom is 0.244 e. The molecule has 0 saturated carbocycles. The number of rotatable bonds is 6. The van der Waals surface area contributed by atoms with Crippen molar-refractivity contribution in [2.75, 3.05) is 26.9 Å². The van der Waals surface area contributed by atoms with E-state index in [0.29, 0.717) is 37.0 Å². The smallest absolute Gasteiger partial charge is 0.244 e. The van der Waals surface area contributed by atoms with E-state index in [1.165, 1.54) is 6.08 Å². The Kier molecular flexibility index (Phi) is 6.06. The first-order chi connectivity index (χ1) is 11.5. The fourth-order valence-corrected chi connectivity index (χ4v) is 2.22. The van der Waals surface area contributed by atoms with Crippen LogP contribution in [0.25, 0.3) is 6.08 Å². The molecule has 0 spiro atoms. The number of ether oxygens (including phenoxy) is 3. The Morgan fingerprint density at radius 2 is 2.08 bits per heavy atom. The van der Waals surface area contributed by atoms with Crippen LogP contribution >= 0.6 is 0 Å². The van der Waals surface area contributed by atoms with Crippen molar-refractivity contribution in [3.8, 4) is 17.2 Å². The van der Waals surface area contributed by atoms with Gasteiger partial charge in [0.15, 0.2) is 11.5 Å². The maximum absolute atomic E-state index is 11.9. The predicted molar refractivity (Wildman–Crippen MR) is 89.3 cm³/mol. The molecule has 1 aromatic carbocycles. The highest BCUT2D eigenvalue weighted by molar-refractivity contribution is 5.95. The first kappa shape index (κ1) is 17.7. The molecule has 1 aliphatic heterocycles. The molecule has 0 aromatic heterocycles. The largest absolute Gasteiger partial charge is 0.493 e. The lowest BCUT2D eigenvalue weighted by molar-refractivity contribution is -0.126. The number of methoxy groups -OCH3 is 1. The molecule has 0 fully saturated rings. The van der Waals surface area contributed by atoms with Gasteiger partial charge in [0.1, 0.15) is 19.3 Å². The van der Waals surface area contributed by atoms with Gasteiger partial charge in [0, 0.05) is 12.6 Å². The highest BCUT2D eigenvalue weighted by Gasteiger charge is 2.18. The zero-order chi connectivity index (χ0) is 17.5. The number of amides is 2. The van der Waals surface area contributed by atoms with Crippen LogP contribution in [0.3, 0.4) is 0 Å². The van der Waals surface area contributed by atoms with Gasteiger partial charge in [-0.25, -0.2) is 0 Å². The third kappa shape index (κ3) is 4.41. The predicted octanol–water partition coefficient (Wildman–Crippen LogP) is 1.12. The van der Waals surface area contributed by atoms with Crippen LogP contribution in [-0.2, 0) is 9.59 Å². The zero-order valence-electron chi connectivity index (χ0n) is 14.0. The summed E-state index contributed by atoms with van der Waals surface area (Å²) in [6, 6.07) is 2.93. The van der Waals surface area contributed by atoms with Crippen LogP contribution in [0.5, 0.6) is 17.2 Å². The number of hydrogen-bond acceptors (Lipinski definition) is 5. The van der Waals surface area contributed by atoms with Gasteiger partial charge in [-0.2, -0.15) is 0 Å². The van der Waals surface area contributed by atoms with Crippen LogP contribution in [0.2, 0.25) is 0 Å². The number of nitrogens with one attached hydrogen (secondary N) is 2. The van der Waals surface area contributed by atoms with Crippen LogP contribution in [0.1, 0.15) is 19.4 Å². The summed E-state index contributed by atoms with van der Waals surface area (Å²) in [4.78, 5) is 23.5. The van der Waals surface area contributed by atoms with E-state index in [2.05, 4.69) is 10.6 Å². The molecule has 0 radical (unpaired) electrons. The summed E-state index contributed by atoms with van der Waals surface area (Å²) in [5.41, 5.74) is 0.733. The van der Waals surface area contributed by atoms with Crippen molar-refractivity contribution in [1.82, 2.24) is 10.6 Å². The van der Waals surface area contributed by atoms with Crippen LogP contribution in [0.15, 0.2) is 18.2 Å². The molecule has 1 aromatic rings. The van der Waals surface area contributed by atoms with Gasteiger partial charge < -0.3 is 24.8 Å². The van der Waals surface area contributed by atoms with Crippen molar-refractivity contribution in [3.05, 3.63) is 23.8 Å². The molecule has 1 aliphatic rings. The summed E-state index contributed by atoms with van der Waals surface area (Å²) in [6.45, 7) is 4.91.